The molecular formula is C21H19FN6OS2. The van der Waals surface area contributed by atoms with Crippen molar-refractivity contribution in [2.45, 2.75) is 30.8 Å². The van der Waals surface area contributed by atoms with Crippen LogP contribution in [0.4, 0.5) is 4.39 Å². The average Bonchev–Trinajstić information content (AvgIpc) is 3.40. The van der Waals surface area contributed by atoms with Crippen LogP contribution in [0.1, 0.15) is 29.3 Å². The molecule has 0 unspecified atom stereocenters. The Morgan fingerprint density at radius 2 is 1.97 bits per heavy atom. The topological polar surface area (TPSA) is 85.6 Å². The SMILES string of the molecule is CC(C)NC(=O)c1csc(CSc2nnc(-c3ccncc3)n2-c2ccccc2F)n1. The van der Waals surface area contributed by atoms with Gasteiger partial charge in [-0.3, -0.25) is 14.3 Å². The standard InChI is InChI=1S/C21H19FN6OS2/c1-13(2)24-20(29)16-11-30-18(25-16)12-31-21-27-26-19(14-7-9-23-10-8-14)28(21)17-6-4-3-5-15(17)22/h3-11,13H,12H2,1-2H3,(H,24,29). The Kier molecular flexibility index (Phi) is 6.38. The van der Waals surface area contributed by atoms with Crippen LogP contribution in [0, 0.1) is 5.82 Å². The molecule has 0 saturated carbocycles. The van der Waals surface area contributed by atoms with Crippen LogP contribution in [0.25, 0.3) is 17.1 Å². The minimum absolute atomic E-state index is 0.0398. The Bertz CT molecular complexity index is 1190. The van der Waals surface area contributed by atoms with Crippen molar-refractivity contribution in [2.75, 3.05) is 0 Å². The fourth-order valence-electron chi connectivity index (χ4n) is 2.85. The number of hydrogen-bond donors (Lipinski definition) is 1. The third kappa shape index (κ3) is 4.80. The van der Waals surface area contributed by atoms with Crippen molar-refractivity contribution in [3.8, 4) is 17.1 Å². The summed E-state index contributed by atoms with van der Waals surface area (Å²) in [4.78, 5) is 20.6. The monoisotopic (exact) mass is 454 g/mol. The second-order valence-corrected chi connectivity index (χ2v) is 8.76. The van der Waals surface area contributed by atoms with Crippen LogP contribution in [0.3, 0.4) is 0 Å². The third-order valence-corrected chi connectivity index (χ3v) is 6.17. The first-order valence-electron chi connectivity index (χ1n) is 9.51. The van der Waals surface area contributed by atoms with E-state index >= 15 is 0 Å². The fourth-order valence-corrected chi connectivity index (χ4v) is 4.58. The van der Waals surface area contributed by atoms with Gasteiger partial charge in [0.1, 0.15) is 16.5 Å². The lowest BCUT2D eigenvalue weighted by molar-refractivity contribution is 0.0938. The molecule has 1 amide bonds. The summed E-state index contributed by atoms with van der Waals surface area (Å²) in [5.74, 6) is 0.423. The summed E-state index contributed by atoms with van der Waals surface area (Å²) in [6, 6.07) is 10.1. The van der Waals surface area contributed by atoms with Crippen LogP contribution in [0.5, 0.6) is 0 Å². The molecule has 0 atom stereocenters. The number of pyridine rings is 1. The lowest BCUT2D eigenvalue weighted by Gasteiger charge is -2.10. The second kappa shape index (κ2) is 9.36. The number of amides is 1. The van der Waals surface area contributed by atoms with Crippen LogP contribution < -0.4 is 5.32 Å². The van der Waals surface area contributed by atoms with Crippen LogP contribution >= 0.6 is 23.1 Å². The Morgan fingerprint density at radius 3 is 2.71 bits per heavy atom. The number of carbonyl (C=O) groups excluding carboxylic acids is 1. The maximum Gasteiger partial charge on any atom is 0.270 e. The summed E-state index contributed by atoms with van der Waals surface area (Å²) in [5, 5.41) is 14.5. The number of nitrogens with one attached hydrogen (secondary N) is 1. The van der Waals surface area contributed by atoms with Crippen molar-refractivity contribution in [1.29, 1.82) is 0 Å². The molecule has 4 aromatic rings. The number of nitrogens with zero attached hydrogens (tertiary/aromatic N) is 5. The van der Waals surface area contributed by atoms with E-state index in [9.17, 15) is 9.18 Å². The van der Waals surface area contributed by atoms with Gasteiger partial charge in [0, 0.05) is 29.4 Å². The molecular weight excluding hydrogens is 435 g/mol. The highest BCUT2D eigenvalue weighted by atomic mass is 32.2. The van der Waals surface area contributed by atoms with Crippen molar-refractivity contribution in [1.82, 2.24) is 30.0 Å². The Balaban J connectivity index is 1.62. The molecule has 0 aliphatic rings. The minimum atomic E-state index is -0.374. The Morgan fingerprint density at radius 1 is 1.19 bits per heavy atom. The number of aromatic nitrogens is 5. The van der Waals surface area contributed by atoms with E-state index in [2.05, 4.69) is 25.5 Å². The second-order valence-electron chi connectivity index (χ2n) is 6.87. The van der Waals surface area contributed by atoms with E-state index in [-0.39, 0.29) is 17.8 Å². The highest BCUT2D eigenvalue weighted by molar-refractivity contribution is 7.98. The predicted octanol–water partition coefficient (Wildman–Crippen LogP) is 4.36. The molecule has 3 aromatic heterocycles. The highest BCUT2D eigenvalue weighted by Crippen LogP contribution is 2.31. The van der Waals surface area contributed by atoms with Gasteiger partial charge in [0.05, 0.1) is 11.4 Å². The van der Waals surface area contributed by atoms with Crippen molar-refractivity contribution < 1.29 is 9.18 Å². The van der Waals surface area contributed by atoms with Crippen LogP contribution in [-0.4, -0.2) is 36.7 Å². The first-order chi connectivity index (χ1) is 15.0. The van der Waals surface area contributed by atoms with Gasteiger partial charge in [0.15, 0.2) is 11.0 Å². The van der Waals surface area contributed by atoms with E-state index in [4.69, 9.17) is 0 Å². The lowest BCUT2D eigenvalue weighted by Crippen LogP contribution is -2.30. The number of carbonyl (C=O) groups is 1. The quantitative estimate of drug-likeness (QED) is 0.418. The molecule has 0 aliphatic heterocycles. The largest absolute Gasteiger partial charge is 0.349 e. The summed E-state index contributed by atoms with van der Waals surface area (Å²) < 4.78 is 16.3. The summed E-state index contributed by atoms with van der Waals surface area (Å²) >= 11 is 2.78. The van der Waals surface area contributed by atoms with E-state index < -0.39 is 0 Å². The fraction of sp³-hybridized carbons (Fsp3) is 0.190. The van der Waals surface area contributed by atoms with Crippen molar-refractivity contribution in [3.63, 3.8) is 0 Å². The first-order valence-corrected chi connectivity index (χ1v) is 11.4. The van der Waals surface area contributed by atoms with Crippen molar-refractivity contribution in [2.24, 2.45) is 0 Å². The zero-order valence-corrected chi connectivity index (χ0v) is 18.5. The van der Waals surface area contributed by atoms with Crippen LogP contribution in [0.15, 0.2) is 59.3 Å². The predicted molar refractivity (Wildman–Crippen MR) is 119 cm³/mol. The molecule has 1 aromatic carbocycles. The van der Waals surface area contributed by atoms with Gasteiger partial charge in [0.2, 0.25) is 0 Å². The molecule has 0 saturated heterocycles. The molecule has 1 N–H and O–H groups in total. The molecule has 10 heteroatoms. The Hall–Kier alpha value is -3.11. The van der Waals surface area contributed by atoms with E-state index in [1.54, 1.807) is 52.7 Å². The van der Waals surface area contributed by atoms with Gasteiger partial charge >= 0.3 is 0 Å². The molecule has 31 heavy (non-hydrogen) atoms. The molecule has 0 bridgehead atoms. The molecule has 0 radical (unpaired) electrons. The van der Waals surface area contributed by atoms with Gasteiger partial charge in [-0.1, -0.05) is 23.9 Å². The van der Waals surface area contributed by atoms with Gasteiger partial charge in [0.25, 0.3) is 5.91 Å². The number of benzene rings is 1. The molecule has 7 nitrogen and oxygen atoms in total. The van der Waals surface area contributed by atoms with E-state index in [1.165, 1.54) is 29.2 Å². The van der Waals surface area contributed by atoms with Gasteiger partial charge in [-0.2, -0.15) is 0 Å². The summed E-state index contributed by atoms with van der Waals surface area (Å²) in [7, 11) is 0. The third-order valence-electron chi connectivity index (χ3n) is 4.19. The van der Waals surface area contributed by atoms with E-state index in [0.29, 0.717) is 28.1 Å². The van der Waals surface area contributed by atoms with Gasteiger partial charge in [-0.05, 0) is 38.1 Å². The zero-order chi connectivity index (χ0) is 21.8. The minimum Gasteiger partial charge on any atom is -0.349 e. The summed E-state index contributed by atoms with van der Waals surface area (Å²) in [5.41, 5.74) is 1.53. The van der Waals surface area contributed by atoms with Crippen LogP contribution in [0.2, 0.25) is 0 Å². The molecule has 3 heterocycles. The number of thioether (sulfide) groups is 1. The number of thiazole rings is 1. The normalized spacial score (nSPS) is 11.1. The Labute approximate surface area is 186 Å². The van der Waals surface area contributed by atoms with Gasteiger partial charge in [-0.15, -0.1) is 21.5 Å². The molecule has 0 fully saturated rings. The molecule has 0 aliphatic carbocycles. The summed E-state index contributed by atoms with van der Waals surface area (Å²) in [6.07, 6.45) is 3.31. The zero-order valence-electron chi connectivity index (χ0n) is 16.8. The van der Waals surface area contributed by atoms with Gasteiger partial charge in [-0.25, -0.2) is 9.37 Å². The molecule has 158 valence electrons. The number of hydrogen-bond acceptors (Lipinski definition) is 7. The van der Waals surface area contributed by atoms with Gasteiger partial charge < -0.3 is 5.32 Å². The molecule has 4 rings (SSSR count). The van der Waals surface area contributed by atoms with E-state index in [0.717, 1.165) is 10.6 Å². The maximum absolute atomic E-state index is 14.6. The van der Waals surface area contributed by atoms with Crippen molar-refractivity contribution >= 4 is 29.0 Å². The van der Waals surface area contributed by atoms with Crippen molar-refractivity contribution in [3.05, 3.63) is 70.7 Å². The van der Waals surface area contributed by atoms with E-state index in [1.807, 2.05) is 13.8 Å². The van der Waals surface area contributed by atoms with Crippen LogP contribution in [-0.2, 0) is 5.75 Å². The number of rotatable bonds is 7. The number of para-hydroxylation sites is 1. The average molecular weight is 455 g/mol. The maximum atomic E-state index is 14.6. The molecule has 0 spiro atoms. The first kappa shape index (κ1) is 21.1. The summed E-state index contributed by atoms with van der Waals surface area (Å²) in [6.45, 7) is 3.80. The smallest absolute Gasteiger partial charge is 0.270 e. The number of halogens is 1. The highest BCUT2D eigenvalue weighted by Gasteiger charge is 2.19. The lowest BCUT2D eigenvalue weighted by atomic mass is 10.2.